The number of carbonyl (C=O) groups excluding carboxylic acids is 2. The van der Waals surface area contributed by atoms with Crippen LogP contribution < -0.4 is 11.2 Å². The third-order valence-electron chi connectivity index (χ3n) is 0.961. The van der Waals surface area contributed by atoms with Crippen LogP contribution in [0.25, 0.3) is 0 Å². The molecule has 0 aromatic rings. The molecule has 0 aliphatic rings. The van der Waals surface area contributed by atoms with Crippen LogP contribution in [0.4, 0.5) is 0 Å². The summed E-state index contributed by atoms with van der Waals surface area (Å²) in [4.78, 5) is 25.0. The van der Waals surface area contributed by atoms with Gasteiger partial charge in [0.05, 0.1) is 0 Å². The molecule has 7 heteroatoms. The summed E-state index contributed by atoms with van der Waals surface area (Å²) < 4.78 is 0. The van der Waals surface area contributed by atoms with E-state index in [9.17, 15) is 9.59 Å². The van der Waals surface area contributed by atoms with E-state index in [4.69, 9.17) is 0 Å². The maximum Gasteiger partial charge on any atom is 0.347 e. The summed E-state index contributed by atoms with van der Waals surface area (Å²) >= 11 is 3.81. The fourth-order valence-corrected chi connectivity index (χ4v) is 0.747. The van der Waals surface area contributed by atoms with Crippen LogP contribution in [0.2, 0.25) is 0 Å². The number of nitrogens with two attached hydrogens (primary N) is 1. The van der Waals surface area contributed by atoms with Gasteiger partial charge in [0.25, 0.3) is 0 Å². The molecule has 5 nitrogen and oxygen atoms in total. The normalized spacial score (nSPS) is 10.9. The molecule has 1 atom stereocenters. The summed E-state index contributed by atoms with van der Waals surface area (Å²) in [6, 6.07) is -0.763. The van der Waals surface area contributed by atoms with Gasteiger partial charge in [-0.15, -0.1) is 0 Å². The van der Waals surface area contributed by atoms with Crippen molar-refractivity contribution in [2.75, 3.05) is 5.75 Å². The van der Waals surface area contributed by atoms with Crippen molar-refractivity contribution in [2.45, 2.75) is 13.0 Å². The first-order valence-electron chi connectivity index (χ1n) is 2.90. The SMILES string of the molecule is CC(=O)N[C@@H](CS)C(=O)ON.[Mn]. The predicted octanol–water partition coefficient (Wildman–Crippen LogP) is -1.16. The second kappa shape index (κ2) is 7.42. The number of amides is 1. The smallest absolute Gasteiger partial charge is 0.347 e. The van der Waals surface area contributed by atoms with E-state index < -0.39 is 12.0 Å². The third kappa shape index (κ3) is 5.42. The third-order valence-corrected chi connectivity index (χ3v) is 1.33. The number of carbonyl (C=O) groups is 2. The average molecular weight is 233 g/mol. The fourth-order valence-electron chi connectivity index (χ4n) is 0.507. The van der Waals surface area contributed by atoms with E-state index in [0.717, 1.165) is 0 Å². The molecule has 12 heavy (non-hydrogen) atoms. The van der Waals surface area contributed by atoms with Gasteiger partial charge < -0.3 is 10.2 Å². The first kappa shape index (κ1) is 14.3. The monoisotopic (exact) mass is 233 g/mol. The first-order valence-corrected chi connectivity index (χ1v) is 3.53. The summed E-state index contributed by atoms with van der Waals surface area (Å²) in [6.45, 7) is 1.29. The van der Waals surface area contributed by atoms with Gasteiger partial charge in [-0.3, -0.25) is 4.79 Å². The zero-order valence-electron chi connectivity index (χ0n) is 6.41. The van der Waals surface area contributed by atoms with Crippen molar-refractivity contribution in [1.82, 2.24) is 5.32 Å². The van der Waals surface area contributed by atoms with Crippen LogP contribution in [0.3, 0.4) is 0 Å². The van der Waals surface area contributed by atoms with E-state index in [-0.39, 0.29) is 28.7 Å². The van der Waals surface area contributed by atoms with E-state index in [1.165, 1.54) is 6.92 Å². The van der Waals surface area contributed by atoms with Gasteiger partial charge in [0, 0.05) is 29.7 Å². The summed E-state index contributed by atoms with van der Waals surface area (Å²) in [5.41, 5.74) is 0. The van der Waals surface area contributed by atoms with Gasteiger partial charge in [-0.2, -0.15) is 18.5 Å². The second-order valence-corrected chi connectivity index (χ2v) is 2.24. The topological polar surface area (TPSA) is 81.4 Å². The van der Waals surface area contributed by atoms with Crippen molar-refractivity contribution in [3.8, 4) is 0 Å². The quantitative estimate of drug-likeness (QED) is 0.326. The Bertz CT molecular complexity index is 167. The molecule has 1 radical (unpaired) electrons. The van der Waals surface area contributed by atoms with Crippen LogP contribution in [-0.4, -0.2) is 23.7 Å². The van der Waals surface area contributed by atoms with Gasteiger partial charge in [0.1, 0.15) is 6.04 Å². The van der Waals surface area contributed by atoms with Crippen LogP contribution >= 0.6 is 12.6 Å². The summed E-state index contributed by atoms with van der Waals surface area (Å²) in [6.07, 6.45) is 0. The molecule has 0 spiro atoms. The Morgan fingerprint density at radius 1 is 1.67 bits per heavy atom. The maximum atomic E-state index is 10.7. The summed E-state index contributed by atoms with van der Waals surface area (Å²) in [5.74, 6) is 3.73. The van der Waals surface area contributed by atoms with E-state index in [2.05, 4.69) is 28.7 Å². The van der Waals surface area contributed by atoms with Crippen LogP contribution in [0, 0.1) is 0 Å². The van der Waals surface area contributed by atoms with E-state index >= 15 is 0 Å². The van der Waals surface area contributed by atoms with Crippen molar-refractivity contribution in [2.24, 2.45) is 5.90 Å². The molecule has 0 rings (SSSR count). The molecule has 0 heterocycles. The zero-order chi connectivity index (χ0) is 8.85. The van der Waals surface area contributed by atoms with Crippen LogP contribution in [0.5, 0.6) is 0 Å². The van der Waals surface area contributed by atoms with Gasteiger partial charge in [0.15, 0.2) is 0 Å². The van der Waals surface area contributed by atoms with Crippen LogP contribution in [0.15, 0.2) is 0 Å². The van der Waals surface area contributed by atoms with Gasteiger partial charge in [-0.05, 0) is 0 Å². The molecule has 0 aliphatic carbocycles. The molecule has 0 fully saturated rings. The Hall–Kier alpha value is -0.231. The molecule has 0 saturated heterocycles. The van der Waals surface area contributed by atoms with Crippen molar-refractivity contribution in [3.63, 3.8) is 0 Å². The Kier molecular flexibility index (Phi) is 8.84. The van der Waals surface area contributed by atoms with Gasteiger partial charge in [-0.1, -0.05) is 0 Å². The number of hydrogen-bond acceptors (Lipinski definition) is 5. The minimum absolute atomic E-state index is 0. The largest absolute Gasteiger partial charge is 0.372 e. The predicted molar refractivity (Wildman–Crippen MR) is 41.7 cm³/mol. The summed E-state index contributed by atoms with van der Waals surface area (Å²) in [5, 5.41) is 2.31. The Labute approximate surface area is 86.2 Å². The molecule has 0 aromatic heterocycles. The van der Waals surface area contributed by atoms with E-state index in [1.54, 1.807) is 0 Å². The summed E-state index contributed by atoms with van der Waals surface area (Å²) in [7, 11) is 0. The second-order valence-electron chi connectivity index (χ2n) is 1.87. The van der Waals surface area contributed by atoms with Crippen LogP contribution in [-0.2, 0) is 31.5 Å². The molecular formula is C5H10MnN2O3S. The van der Waals surface area contributed by atoms with Crippen molar-refractivity contribution in [1.29, 1.82) is 0 Å². The van der Waals surface area contributed by atoms with Crippen LogP contribution in [0.1, 0.15) is 6.92 Å². The fraction of sp³-hybridized carbons (Fsp3) is 0.600. The minimum atomic E-state index is -0.763. The average Bonchev–Trinajstić information content (AvgIpc) is 1.98. The standard InChI is InChI=1S/C5H10N2O3S.Mn/c1-3(8)7-4(2-11)5(9)10-6;/h4,11H,2,6H2,1H3,(H,7,8);/t4-;/m0./s1. The van der Waals surface area contributed by atoms with Crippen molar-refractivity contribution >= 4 is 24.5 Å². The maximum absolute atomic E-state index is 10.7. The molecule has 0 aliphatic heterocycles. The van der Waals surface area contributed by atoms with Gasteiger partial charge in [0.2, 0.25) is 5.91 Å². The molecule has 1 amide bonds. The Balaban J connectivity index is 0. The Morgan fingerprint density at radius 3 is 2.42 bits per heavy atom. The van der Waals surface area contributed by atoms with E-state index in [0.29, 0.717) is 0 Å². The molecule has 0 bridgehead atoms. The number of rotatable bonds is 3. The van der Waals surface area contributed by atoms with Crippen molar-refractivity contribution in [3.05, 3.63) is 0 Å². The molecule has 0 unspecified atom stereocenters. The molecule has 3 N–H and O–H groups in total. The number of thiol groups is 1. The Morgan fingerprint density at radius 2 is 2.17 bits per heavy atom. The molecule has 0 saturated carbocycles. The minimum Gasteiger partial charge on any atom is -0.372 e. The van der Waals surface area contributed by atoms with Gasteiger partial charge in [-0.25, -0.2) is 4.79 Å². The molecule has 0 aromatic carbocycles. The first-order chi connectivity index (χ1) is 5.11. The van der Waals surface area contributed by atoms with E-state index in [1.807, 2.05) is 0 Å². The van der Waals surface area contributed by atoms with Gasteiger partial charge >= 0.3 is 5.97 Å². The molecule has 71 valence electrons. The zero-order valence-corrected chi connectivity index (χ0v) is 8.49. The number of hydrogen-bond donors (Lipinski definition) is 3. The number of nitrogens with one attached hydrogen (secondary N) is 1. The molecular weight excluding hydrogens is 223 g/mol. The van der Waals surface area contributed by atoms with Crippen molar-refractivity contribution < 1.29 is 31.5 Å².